The van der Waals surface area contributed by atoms with Crippen molar-refractivity contribution in [3.05, 3.63) is 52.7 Å². The Balaban J connectivity index is 1.94. The number of rotatable bonds is 2. The monoisotopic (exact) mass is 319 g/mol. The second kappa shape index (κ2) is 5.59. The number of aromatic nitrogens is 4. The summed E-state index contributed by atoms with van der Waals surface area (Å²) < 4.78 is 0. The number of benzene rings is 1. The predicted molar refractivity (Wildman–Crippen MR) is 79.5 cm³/mol. The van der Waals surface area contributed by atoms with Crippen molar-refractivity contribution in [1.82, 2.24) is 19.9 Å². The SMILES string of the molecule is O=C(Nc1nc2ccccc2nc1Cl)c1cncc(Cl)n1. The summed E-state index contributed by atoms with van der Waals surface area (Å²) in [6.07, 6.45) is 2.63. The van der Waals surface area contributed by atoms with Crippen molar-refractivity contribution in [2.45, 2.75) is 0 Å². The standard InChI is InChI=1S/C13H7Cl2N5O/c14-10-6-16-5-9(17-10)13(21)20-12-11(15)18-7-3-1-2-4-8(7)19-12/h1-6H,(H,19,20,21). The molecule has 0 bridgehead atoms. The molecular formula is C13H7Cl2N5O. The van der Waals surface area contributed by atoms with Gasteiger partial charge in [0.25, 0.3) is 5.91 Å². The highest BCUT2D eigenvalue weighted by atomic mass is 35.5. The van der Waals surface area contributed by atoms with E-state index in [-0.39, 0.29) is 21.8 Å². The fourth-order valence-corrected chi connectivity index (χ4v) is 2.01. The van der Waals surface area contributed by atoms with Gasteiger partial charge in [0.05, 0.1) is 23.4 Å². The zero-order valence-electron chi connectivity index (χ0n) is 10.4. The highest BCUT2D eigenvalue weighted by Crippen LogP contribution is 2.21. The smallest absolute Gasteiger partial charge is 0.277 e. The van der Waals surface area contributed by atoms with Crippen LogP contribution < -0.4 is 5.32 Å². The Kier molecular flexibility index (Phi) is 3.64. The number of nitrogens with zero attached hydrogens (tertiary/aromatic N) is 4. The molecule has 8 heteroatoms. The van der Waals surface area contributed by atoms with Crippen molar-refractivity contribution in [1.29, 1.82) is 0 Å². The summed E-state index contributed by atoms with van der Waals surface area (Å²) >= 11 is 11.7. The Morgan fingerprint density at radius 1 is 1.00 bits per heavy atom. The molecule has 0 saturated heterocycles. The van der Waals surface area contributed by atoms with Crippen LogP contribution in [-0.2, 0) is 0 Å². The third-order valence-electron chi connectivity index (χ3n) is 2.60. The molecule has 0 radical (unpaired) electrons. The normalized spacial score (nSPS) is 10.6. The van der Waals surface area contributed by atoms with E-state index in [2.05, 4.69) is 25.3 Å². The second-order valence-electron chi connectivity index (χ2n) is 4.03. The Labute approximate surface area is 129 Å². The minimum absolute atomic E-state index is 0.0634. The van der Waals surface area contributed by atoms with E-state index in [1.165, 1.54) is 12.4 Å². The van der Waals surface area contributed by atoms with Gasteiger partial charge in [-0.1, -0.05) is 35.3 Å². The van der Waals surface area contributed by atoms with Gasteiger partial charge in [-0.2, -0.15) is 0 Å². The van der Waals surface area contributed by atoms with Gasteiger partial charge in [0.15, 0.2) is 11.0 Å². The number of carbonyl (C=O) groups excluding carboxylic acids is 1. The molecule has 2 heterocycles. The zero-order chi connectivity index (χ0) is 14.8. The van der Waals surface area contributed by atoms with Gasteiger partial charge in [-0.25, -0.2) is 15.0 Å². The van der Waals surface area contributed by atoms with Crippen LogP contribution in [-0.4, -0.2) is 25.8 Å². The summed E-state index contributed by atoms with van der Waals surface area (Å²) in [4.78, 5) is 28.1. The molecule has 0 aliphatic heterocycles. The predicted octanol–water partition coefficient (Wildman–Crippen LogP) is 2.98. The Morgan fingerprint density at radius 3 is 2.43 bits per heavy atom. The second-order valence-corrected chi connectivity index (χ2v) is 4.78. The highest BCUT2D eigenvalue weighted by Gasteiger charge is 2.13. The van der Waals surface area contributed by atoms with Gasteiger partial charge in [-0.15, -0.1) is 0 Å². The zero-order valence-corrected chi connectivity index (χ0v) is 11.9. The number of para-hydroxylation sites is 2. The van der Waals surface area contributed by atoms with E-state index in [4.69, 9.17) is 23.2 Å². The highest BCUT2D eigenvalue weighted by molar-refractivity contribution is 6.32. The first-order chi connectivity index (χ1) is 10.1. The molecule has 6 nitrogen and oxygen atoms in total. The van der Waals surface area contributed by atoms with Gasteiger partial charge >= 0.3 is 0 Å². The lowest BCUT2D eigenvalue weighted by Crippen LogP contribution is -2.15. The van der Waals surface area contributed by atoms with Gasteiger partial charge in [0.1, 0.15) is 10.8 Å². The molecule has 1 N–H and O–H groups in total. The topological polar surface area (TPSA) is 80.7 Å². The molecule has 0 aliphatic rings. The fourth-order valence-electron chi connectivity index (χ4n) is 1.68. The van der Waals surface area contributed by atoms with Crippen LogP contribution in [0.15, 0.2) is 36.7 Å². The molecule has 0 unspecified atom stereocenters. The Hall–Kier alpha value is -2.31. The van der Waals surface area contributed by atoms with E-state index in [1.807, 2.05) is 12.1 Å². The summed E-state index contributed by atoms with van der Waals surface area (Å²) in [6.45, 7) is 0. The molecule has 0 aliphatic carbocycles. The van der Waals surface area contributed by atoms with Crippen LogP contribution in [0, 0.1) is 0 Å². The number of hydrogen-bond acceptors (Lipinski definition) is 5. The van der Waals surface area contributed by atoms with Crippen LogP contribution in [0.5, 0.6) is 0 Å². The average molecular weight is 320 g/mol. The lowest BCUT2D eigenvalue weighted by Gasteiger charge is -2.06. The maximum absolute atomic E-state index is 12.1. The molecular weight excluding hydrogens is 313 g/mol. The van der Waals surface area contributed by atoms with Gasteiger partial charge < -0.3 is 5.32 Å². The average Bonchev–Trinajstić information content (AvgIpc) is 2.48. The van der Waals surface area contributed by atoms with E-state index in [1.54, 1.807) is 12.1 Å². The van der Waals surface area contributed by atoms with Crippen LogP contribution in [0.4, 0.5) is 5.82 Å². The first kappa shape index (κ1) is 13.7. The molecule has 0 atom stereocenters. The quantitative estimate of drug-likeness (QED) is 0.785. The number of halogens is 2. The third kappa shape index (κ3) is 2.91. The van der Waals surface area contributed by atoms with Gasteiger partial charge in [-0.05, 0) is 12.1 Å². The number of carbonyl (C=O) groups is 1. The van der Waals surface area contributed by atoms with Crippen LogP contribution in [0.1, 0.15) is 10.5 Å². The minimum atomic E-state index is -0.517. The number of anilines is 1. The summed E-state index contributed by atoms with van der Waals surface area (Å²) in [5.74, 6) is -0.362. The Morgan fingerprint density at radius 2 is 1.71 bits per heavy atom. The molecule has 3 aromatic rings. The molecule has 0 spiro atoms. The van der Waals surface area contributed by atoms with E-state index in [0.29, 0.717) is 11.0 Å². The van der Waals surface area contributed by atoms with Gasteiger partial charge in [-0.3, -0.25) is 9.78 Å². The van der Waals surface area contributed by atoms with Crippen molar-refractivity contribution in [3.63, 3.8) is 0 Å². The molecule has 0 saturated carbocycles. The molecule has 1 aromatic carbocycles. The first-order valence-corrected chi connectivity index (χ1v) is 6.60. The molecule has 21 heavy (non-hydrogen) atoms. The van der Waals surface area contributed by atoms with E-state index >= 15 is 0 Å². The van der Waals surface area contributed by atoms with Crippen molar-refractivity contribution in [3.8, 4) is 0 Å². The van der Waals surface area contributed by atoms with E-state index < -0.39 is 5.91 Å². The largest absolute Gasteiger partial charge is 0.303 e. The summed E-state index contributed by atoms with van der Waals surface area (Å²) in [7, 11) is 0. The van der Waals surface area contributed by atoms with Gasteiger partial charge in [0, 0.05) is 0 Å². The maximum Gasteiger partial charge on any atom is 0.277 e. The van der Waals surface area contributed by atoms with Crippen molar-refractivity contribution < 1.29 is 4.79 Å². The molecule has 2 aromatic heterocycles. The third-order valence-corrected chi connectivity index (χ3v) is 3.04. The molecule has 104 valence electrons. The number of nitrogens with one attached hydrogen (secondary N) is 1. The number of amides is 1. The Bertz CT molecular complexity index is 840. The summed E-state index contributed by atoms with van der Waals surface area (Å²) in [5.41, 5.74) is 1.32. The lowest BCUT2D eigenvalue weighted by molar-refractivity contribution is 0.102. The lowest BCUT2D eigenvalue weighted by atomic mass is 10.3. The van der Waals surface area contributed by atoms with Crippen LogP contribution >= 0.6 is 23.2 Å². The van der Waals surface area contributed by atoms with E-state index in [0.717, 1.165) is 0 Å². The first-order valence-electron chi connectivity index (χ1n) is 5.84. The maximum atomic E-state index is 12.1. The van der Waals surface area contributed by atoms with Crippen LogP contribution in [0.3, 0.4) is 0 Å². The fraction of sp³-hybridized carbons (Fsp3) is 0. The van der Waals surface area contributed by atoms with Gasteiger partial charge in [0.2, 0.25) is 0 Å². The number of fused-ring (bicyclic) bond motifs is 1. The summed E-state index contributed by atoms with van der Waals surface area (Å²) in [5, 5.41) is 2.76. The van der Waals surface area contributed by atoms with Crippen LogP contribution in [0.25, 0.3) is 11.0 Å². The number of hydrogen-bond donors (Lipinski definition) is 1. The van der Waals surface area contributed by atoms with Crippen molar-refractivity contribution in [2.24, 2.45) is 0 Å². The summed E-state index contributed by atoms with van der Waals surface area (Å²) in [6, 6.07) is 7.20. The van der Waals surface area contributed by atoms with Crippen LogP contribution in [0.2, 0.25) is 10.3 Å². The molecule has 0 fully saturated rings. The molecule has 3 rings (SSSR count). The van der Waals surface area contributed by atoms with E-state index in [9.17, 15) is 4.79 Å². The van der Waals surface area contributed by atoms with Crippen molar-refractivity contribution >= 4 is 46.0 Å². The van der Waals surface area contributed by atoms with Crippen molar-refractivity contribution in [2.75, 3.05) is 5.32 Å². The molecule has 1 amide bonds. The minimum Gasteiger partial charge on any atom is -0.303 e.